The van der Waals surface area contributed by atoms with Gasteiger partial charge in [-0.2, -0.15) is 0 Å². The fourth-order valence-corrected chi connectivity index (χ4v) is 8.51. The molecule has 1 amide bonds. The van der Waals surface area contributed by atoms with E-state index in [0.29, 0.717) is 17.3 Å². The average Bonchev–Trinajstić information content (AvgIpc) is 2.99. The maximum Gasteiger partial charge on any atom is 0.238 e. The van der Waals surface area contributed by atoms with Gasteiger partial charge in [-0.1, -0.05) is 57.2 Å². The van der Waals surface area contributed by atoms with E-state index in [-0.39, 0.29) is 11.3 Å². The molecule has 1 N–H and O–H groups in total. The minimum absolute atomic E-state index is 0.0666. The van der Waals surface area contributed by atoms with Gasteiger partial charge in [0, 0.05) is 17.2 Å². The van der Waals surface area contributed by atoms with Crippen molar-refractivity contribution in [2.75, 3.05) is 5.43 Å². The van der Waals surface area contributed by atoms with Crippen LogP contribution in [0.25, 0.3) is 21.8 Å². The molecule has 4 bridgehead atoms. The third-order valence-corrected chi connectivity index (χ3v) is 8.45. The SMILES string of the molecule is CCC(=O)Nn1c2ccccc2c2cccc(C34CC5CC(C)(CC(C)(C5)C3)C4)c21. The summed E-state index contributed by atoms with van der Waals surface area (Å²) < 4.78 is 2.11. The van der Waals surface area contributed by atoms with E-state index in [9.17, 15) is 4.79 Å². The first-order valence-electron chi connectivity index (χ1n) is 11.7. The van der Waals surface area contributed by atoms with Crippen molar-refractivity contribution in [1.82, 2.24) is 4.68 Å². The number of hydrogen-bond donors (Lipinski definition) is 1. The zero-order chi connectivity index (χ0) is 20.7. The Morgan fingerprint density at radius 2 is 1.67 bits per heavy atom. The van der Waals surface area contributed by atoms with Gasteiger partial charge in [0.2, 0.25) is 5.91 Å². The van der Waals surface area contributed by atoms with Crippen molar-refractivity contribution in [3.63, 3.8) is 0 Å². The van der Waals surface area contributed by atoms with Crippen LogP contribution in [-0.4, -0.2) is 10.6 Å². The number of carbonyl (C=O) groups excluding carboxylic acids is 1. The first kappa shape index (κ1) is 18.5. The molecule has 1 aromatic heterocycles. The average molecular weight is 401 g/mol. The lowest BCUT2D eigenvalue weighted by atomic mass is 9.39. The lowest BCUT2D eigenvalue weighted by molar-refractivity contribution is -0.116. The van der Waals surface area contributed by atoms with Gasteiger partial charge in [-0.3, -0.25) is 14.9 Å². The highest BCUT2D eigenvalue weighted by Gasteiger charge is 2.60. The van der Waals surface area contributed by atoms with Crippen molar-refractivity contribution >= 4 is 27.7 Å². The second-order valence-electron chi connectivity index (χ2n) is 11.4. The third-order valence-electron chi connectivity index (χ3n) is 8.45. The molecule has 0 saturated heterocycles. The predicted octanol–water partition coefficient (Wildman–Crippen LogP) is 6.52. The summed E-state index contributed by atoms with van der Waals surface area (Å²) in [6.45, 7) is 7.00. The zero-order valence-corrected chi connectivity index (χ0v) is 18.4. The summed E-state index contributed by atoms with van der Waals surface area (Å²) in [6.07, 6.45) is 8.54. The second-order valence-corrected chi connectivity index (χ2v) is 11.4. The largest absolute Gasteiger partial charge is 0.273 e. The highest BCUT2D eigenvalue weighted by atomic mass is 16.2. The van der Waals surface area contributed by atoms with E-state index < -0.39 is 0 Å². The van der Waals surface area contributed by atoms with Gasteiger partial charge in [0.1, 0.15) is 0 Å². The number of para-hydroxylation sites is 2. The quantitative estimate of drug-likeness (QED) is 0.533. The zero-order valence-electron chi connectivity index (χ0n) is 18.4. The molecule has 0 spiro atoms. The number of benzene rings is 2. The molecular formula is C27H32N2O. The molecule has 2 unspecified atom stereocenters. The maximum atomic E-state index is 12.5. The minimum atomic E-state index is 0.0666. The molecule has 1 heterocycles. The smallest absolute Gasteiger partial charge is 0.238 e. The molecule has 4 fully saturated rings. The second kappa shape index (κ2) is 5.90. The van der Waals surface area contributed by atoms with E-state index in [0.717, 1.165) is 11.4 Å². The first-order chi connectivity index (χ1) is 14.3. The molecule has 0 radical (unpaired) electrons. The standard InChI is InChI=1S/C27H32N2O/c1-4-23(30)28-29-22-11-6-5-8-19(22)20-9-7-10-21(24(20)29)27-14-18-12-25(2,16-27)15-26(3,13-18)17-27/h5-11,18H,4,12-17H2,1-3H3,(H,28,30). The molecule has 3 aromatic rings. The number of amides is 1. The van der Waals surface area contributed by atoms with E-state index in [1.807, 2.05) is 6.92 Å². The van der Waals surface area contributed by atoms with Crippen molar-refractivity contribution in [3.8, 4) is 0 Å². The predicted molar refractivity (Wildman–Crippen MR) is 123 cm³/mol. The Labute approximate surface area is 178 Å². The molecule has 0 aliphatic heterocycles. The fourth-order valence-electron chi connectivity index (χ4n) is 8.51. The molecule has 2 aromatic carbocycles. The lowest BCUT2D eigenvalue weighted by Crippen LogP contribution is -2.57. The first-order valence-corrected chi connectivity index (χ1v) is 11.7. The van der Waals surface area contributed by atoms with Gasteiger partial charge < -0.3 is 0 Å². The topological polar surface area (TPSA) is 34.0 Å². The molecule has 3 heteroatoms. The van der Waals surface area contributed by atoms with Crippen LogP contribution in [0.2, 0.25) is 0 Å². The Morgan fingerprint density at radius 3 is 2.37 bits per heavy atom. The normalized spacial score (nSPS) is 34.7. The van der Waals surface area contributed by atoms with Gasteiger partial charge in [-0.05, 0) is 72.3 Å². The van der Waals surface area contributed by atoms with E-state index in [1.165, 1.54) is 60.4 Å². The Bertz CT molecular complexity index is 1170. The molecule has 3 nitrogen and oxygen atoms in total. The number of nitrogens with zero attached hydrogens (tertiary/aromatic N) is 1. The summed E-state index contributed by atoms with van der Waals surface area (Å²) in [6, 6.07) is 15.4. The Hall–Kier alpha value is -2.29. The van der Waals surface area contributed by atoms with Crippen LogP contribution < -0.4 is 5.43 Å². The number of nitrogens with one attached hydrogen (secondary N) is 1. The van der Waals surface area contributed by atoms with Crippen LogP contribution in [0.5, 0.6) is 0 Å². The van der Waals surface area contributed by atoms with Crippen LogP contribution in [0.4, 0.5) is 0 Å². The minimum Gasteiger partial charge on any atom is -0.273 e. The van der Waals surface area contributed by atoms with Crippen molar-refractivity contribution in [1.29, 1.82) is 0 Å². The lowest BCUT2D eigenvalue weighted by Gasteiger charge is -2.65. The summed E-state index contributed by atoms with van der Waals surface area (Å²) in [5.41, 5.74) is 8.17. The molecule has 7 rings (SSSR count). The highest BCUT2D eigenvalue weighted by Crippen LogP contribution is 2.70. The van der Waals surface area contributed by atoms with Gasteiger partial charge in [0.05, 0.1) is 11.0 Å². The van der Waals surface area contributed by atoms with Gasteiger partial charge in [-0.25, -0.2) is 0 Å². The molecule has 4 saturated carbocycles. The van der Waals surface area contributed by atoms with Crippen LogP contribution in [0, 0.1) is 16.7 Å². The molecule has 4 aliphatic carbocycles. The van der Waals surface area contributed by atoms with Crippen LogP contribution >= 0.6 is 0 Å². The summed E-state index contributed by atoms with van der Waals surface area (Å²) in [5, 5.41) is 2.50. The van der Waals surface area contributed by atoms with E-state index in [4.69, 9.17) is 0 Å². The number of rotatable bonds is 3. The van der Waals surface area contributed by atoms with E-state index in [2.05, 4.69) is 66.4 Å². The Balaban J connectivity index is 1.64. The third kappa shape index (κ3) is 2.47. The molecular weight excluding hydrogens is 368 g/mol. The van der Waals surface area contributed by atoms with E-state index in [1.54, 1.807) is 0 Å². The van der Waals surface area contributed by atoms with E-state index >= 15 is 0 Å². The van der Waals surface area contributed by atoms with Gasteiger partial charge in [0.15, 0.2) is 0 Å². The number of fused-ring (bicyclic) bond motifs is 3. The number of carbonyl (C=O) groups is 1. The van der Waals surface area contributed by atoms with Crippen molar-refractivity contribution in [3.05, 3.63) is 48.0 Å². The molecule has 2 atom stereocenters. The van der Waals surface area contributed by atoms with Gasteiger partial charge in [-0.15, -0.1) is 0 Å². The van der Waals surface area contributed by atoms with Crippen LogP contribution in [0.3, 0.4) is 0 Å². The highest BCUT2D eigenvalue weighted by molar-refractivity contribution is 6.10. The van der Waals surface area contributed by atoms with Gasteiger partial charge in [0.25, 0.3) is 0 Å². The summed E-state index contributed by atoms with van der Waals surface area (Å²) >= 11 is 0. The van der Waals surface area contributed by atoms with Crippen molar-refractivity contribution < 1.29 is 4.79 Å². The fraction of sp³-hybridized carbons (Fsp3) is 0.519. The molecule has 156 valence electrons. The van der Waals surface area contributed by atoms with Crippen molar-refractivity contribution in [2.24, 2.45) is 16.7 Å². The summed E-state index contributed by atoms with van der Waals surface area (Å²) in [5.74, 6) is 0.909. The summed E-state index contributed by atoms with van der Waals surface area (Å²) in [4.78, 5) is 12.5. The summed E-state index contributed by atoms with van der Waals surface area (Å²) in [7, 11) is 0. The van der Waals surface area contributed by atoms with Crippen molar-refractivity contribution in [2.45, 2.75) is 71.1 Å². The molecule has 30 heavy (non-hydrogen) atoms. The van der Waals surface area contributed by atoms with Crippen LogP contribution in [0.15, 0.2) is 42.5 Å². The maximum absolute atomic E-state index is 12.5. The molecule has 4 aliphatic rings. The Morgan fingerprint density at radius 1 is 0.967 bits per heavy atom. The number of hydrogen-bond acceptors (Lipinski definition) is 1. The Kier molecular flexibility index (Phi) is 3.63. The van der Waals surface area contributed by atoms with Crippen LogP contribution in [-0.2, 0) is 10.2 Å². The van der Waals surface area contributed by atoms with Crippen LogP contribution in [0.1, 0.15) is 71.3 Å². The monoisotopic (exact) mass is 400 g/mol. The van der Waals surface area contributed by atoms with Gasteiger partial charge >= 0.3 is 0 Å². The number of aromatic nitrogens is 1.